The van der Waals surface area contributed by atoms with E-state index >= 15 is 0 Å². The maximum Gasteiger partial charge on any atom is 0.344 e. The molecule has 57 heavy (non-hydrogen) atoms. The number of carbonyl (C=O) groups excluding carboxylic acids is 4. The molecule has 8 nitrogen and oxygen atoms in total. The molecular weight excluding hydrogens is 765 g/mol. The van der Waals surface area contributed by atoms with E-state index < -0.39 is 48.0 Å². The maximum absolute atomic E-state index is 13.4. The smallest absolute Gasteiger partial charge is 0.344 e. The predicted octanol–water partition coefficient (Wildman–Crippen LogP) is 11.6. The summed E-state index contributed by atoms with van der Waals surface area (Å²) in [6, 6.07) is 0. The van der Waals surface area contributed by atoms with E-state index in [-0.39, 0.29) is 40.5 Å². The molecule has 0 saturated heterocycles. The normalized spacial score (nSPS) is 23.0. The van der Waals surface area contributed by atoms with Crippen molar-refractivity contribution in [1.29, 1.82) is 0 Å². The quantitative estimate of drug-likeness (QED) is 0.0441. The van der Waals surface area contributed by atoms with Gasteiger partial charge in [-0.05, 0) is 147 Å². The topological polar surface area (TPSA) is 105 Å². The van der Waals surface area contributed by atoms with Crippen molar-refractivity contribution in [3.8, 4) is 0 Å². The highest BCUT2D eigenvalue weighted by Crippen LogP contribution is 2.43. The molecule has 0 aromatic heterocycles. The number of hydrogen-bond donors (Lipinski definition) is 0. The highest BCUT2D eigenvalue weighted by Gasteiger charge is 2.48. The molecule has 0 unspecified atom stereocenters. The van der Waals surface area contributed by atoms with Crippen LogP contribution < -0.4 is 0 Å². The van der Waals surface area contributed by atoms with Gasteiger partial charge in [-0.2, -0.15) is 0 Å². The van der Waals surface area contributed by atoms with E-state index in [4.69, 9.17) is 18.0 Å². The molecule has 0 aromatic rings. The highest BCUT2D eigenvalue weighted by atomic mass is 28.4. The number of ether oxygens (including phenoxy) is 1. The molecule has 7 atom stereocenters. The van der Waals surface area contributed by atoms with Crippen molar-refractivity contribution < 1.29 is 37.2 Å². The van der Waals surface area contributed by atoms with Crippen molar-refractivity contribution in [2.24, 2.45) is 29.6 Å². The van der Waals surface area contributed by atoms with Crippen LogP contribution in [-0.4, -0.2) is 73.2 Å². The van der Waals surface area contributed by atoms with Crippen molar-refractivity contribution >= 4 is 48.8 Å². The fourth-order valence-corrected chi connectivity index (χ4v) is 12.3. The lowest BCUT2D eigenvalue weighted by atomic mass is 9.79. The number of allylic oxidation sites excluding steroid dienone is 5. The van der Waals surface area contributed by atoms with E-state index in [1.54, 1.807) is 6.92 Å². The summed E-state index contributed by atoms with van der Waals surface area (Å²) in [7, 11) is -4.58. The third kappa shape index (κ3) is 14.9. The number of rotatable bonds is 18. The van der Waals surface area contributed by atoms with E-state index in [9.17, 15) is 19.2 Å². The van der Waals surface area contributed by atoms with Crippen molar-refractivity contribution in [1.82, 2.24) is 0 Å². The summed E-state index contributed by atoms with van der Waals surface area (Å²) in [6.45, 7) is 47.5. The van der Waals surface area contributed by atoms with Crippen LogP contribution in [0.25, 0.3) is 0 Å². The van der Waals surface area contributed by atoms with Crippen LogP contribution in [0.4, 0.5) is 0 Å². The molecule has 11 heteroatoms. The molecule has 0 bridgehead atoms. The van der Waals surface area contributed by atoms with Gasteiger partial charge in [-0.15, -0.1) is 0 Å². The van der Waals surface area contributed by atoms with Gasteiger partial charge in [-0.1, -0.05) is 77.5 Å². The van der Waals surface area contributed by atoms with E-state index in [2.05, 4.69) is 86.6 Å². The first kappa shape index (κ1) is 53.0. The lowest BCUT2D eigenvalue weighted by molar-refractivity contribution is -0.165. The molecule has 2 aliphatic rings. The summed E-state index contributed by atoms with van der Waals surface area (Å²) in [6.07, 6.45) is 7.16. The van der Waals surface area contributed by atoms with Crippen LogP contribution in [0.2, 0.25) is 57.4 Å². The molecule has 0 amide bonds. The minimum atomic E-state index is -2.17. The van der Waals surface area contributed by atoms with Crippen LogP contribution in [0.3, 0.4) is 0 Å². The first-order chi connectivity index (χ1) is 25.5. The van der Waals surface area contributed by atoms with Gasteiger partial charge in [0.05, 0.1) is 13.2 Å². The zero-order valence-electron chi connectivity index (χ0n) is 39.8. The minimum Gasteiger partial charge on any atom is -0.467 e. The Hall–Kier alpha value is -2.03. The molecule has 0 aliphatic heterocycles. The Morgan fingerprint density at radius 2 is 1.32 bits per heavy atom. The number of carbonyl (C=O) groups is 4. The average molecular weight is 847 g/mol. The van der Waals surface area contributed by atoms with Gasteiger partial charge in [-0.3, -0.25) is 14.4 Å². The predicted molar refractivity (Wildman–Crippen MR) is 244 cm³/mol. The van der Waals surface area contributed by atoms with E-state index in [1.165, 1.54) is 12.7 Å². The molecule has 0 aromatic carbocycles. The third-order valence-electron chi connectivity index (χ3n) is 12.1. The molecular formula is C46H82O8Si3. The summed E-state index contributed by atoms with van der Waals surface area (Å²) in [5.41, 5.74) is 2.98. The monoisotopic (exact) mass is 847 g/mol. The molecule has 0 heterocycles. The number of esters is 1. The molecule has 0 spiro atoms. The number of methoxy groups -OCH3 is 1. The van der Waals surface area contributed by atoms with Gasteiger partial charge in [0.25, 0.3) is 0 Å². The molecule has 2 aliphatic carbocycles. The zero-order chi connectivity index (χ0) is 44.9. The van der Waals surface area contributed by atoms with E-state index in [0.717, 1.165) is 47.8 Å². The number of ketones is 2. The van der Waals surface area contributed by atoms with Crippen molar-refractivity contribution in [2.45, 2.75) is 183 Å². The Labute approximate surface area is 351 Å². The standard InChI is InChI=1S/C26H48O5Si2.C20H34O3Si/c1-18-14-15-21(17-22(18)30-33(12,13)25(4,5)6)19(2)16-20(3)23(27)26(7,24(28)29-8)31-32(9,10)11;1-13-11-17(18(12-21)16(13)4)14(2)10-15(3)19(22)20(5,6)23-24(7,8)9/h14,20-22H,2,15-17H2,1,3-13H3;12-13,15,17H,2,10-11H2,1,3-9H3/t20-,21-,22-,26+;13-,15-,17-/m11/s1. The lowest BCUT2D eigenvalue weighted by Crippen LogP contribution is -2.54. The molecule has 0 saturated carbocycles. The Bertz CT molecular complexity index is 1550. The Morgan fingerprint density at radius 1 is 0.825 bits per heavy atom. The van der Waals surface area contributed by atoms with Gasteiger partial charge in [-0.25, -0.2) is 4.79 Å². The van der Waals surface area contributed by atoms with Gasteiger partial charge in [0.15, 0.2) is 36.5 Å². The van der Waals surface area contributed by atoms with Crippen LogP contribution in [0.15, 0.2) is 47.1 Å². The minimum absolute atomic E-state index is 0.0861. The molecule has 2 rings (SSSR count). The van der Waals surface area contributed by atoms with Crippen LogP contribution in [0.5, 0.6) is 0 Å². The van der Waals surface area contributed by atoms with Gasteiger partial charge < -0.3 is 18.0 Å². The maximum atomic E-state index is 13.4. The van der Waals surface area contributed by atoms with Gasteiger partial charge in [0.1, 0.15) is 11.9 Å². The van der Waals surface area contributed by atoms with Gasteiger partial charge in [0.2, 0.25) is 5.60 Å². The van der Waals surface area contributed by atoms with Crippen LogP contribution in [-0.2, 0) is 37.2 Å². The average Bonchev–Trinajstić information content (AvgIpc) is 3.34. The first-order valence-electron chi connectivity index (χ1n) is 21.0. The Morgan fingerprint density at radius 3 is 1.77 bits per heavy atom. The van der Waals surface area contributed by atoms with Gasteiger partial charge >= 0.3 is 5.97 Å². The second-order valence-electron chi connectivity index (χ2n) is 21.1. The first-order valence-corrected chi connectivity index (χ1v) is 30.7. The Balaban J connectivity index is 0.000000599. The van der Waals surface area contributed by atoms with E-state index in [1.807, 2.05) is 54.3 Å². The van der Waals surface area contributed by atoms with Crippen molar-refractivity contribution in [2.75, 3.05) is 7.11 Å². The second-order valence-corrected chi connectivity index (χ2v) is 34.8. The molecule has 0 radical (unpaired) electrons. The van der Waals surface area contributed by atoms with Crippen LogP contribution in [0, 0.1) is 29.6 Å². The number of aldehydes is 1. The number of Topliss-reactive ketones (excluding diaryl/α,β-unsaturated/α-hetero) is 2. The van der Waals surface area contributed by atoms with Crippen molar-refractivity contribution in [3.05, 3.63) is 47.1 Å². The third-order valence-corrected chi connectivity index (χ3v) is 18.7. The zero-order valence-corrected chi connectivity index (χ0v) is 42.8. The Kier molecular flexibility index (Phi) is 18.6. The lowest BCUT2D eigenvalue weighted by Gasteiger charge is -2.42. The van der Waals surface area contributed by atoms with Crippen LogP contribution >= 0.6 is 0 Å². The summed E-state index contributed by atoms with van der Waals surface area (Å²) < 4.78 is 23.8. The highest BCUT2D eigenvalue weighted by molar-refractivity contribution is 6.74. The second kappa shape index (κ2) is 20.0. The molecule has 0 fully saturated rings. The summed E-state index contributed by atoms with van der Waals surface area (Å²) in [4.78, 5) is 50.2. The van der Waals surface area contributed by atoms with E-state index in [0.29, 0.717) is 18.8 Å². The van der Waals surface area contributed by atoms with Crippen LogP contribution in [0.1, 0.15) is 108 Å². The fraction of sp³-hybridized carbons (Fsp3) is 0.739. The summed E-state index contributed by atoms with van der Waals surface area (Å²) >= 11 is 0. The summed E-state index contributed by atoms with van der Waals surface area (Å²) in [5, 5.41) is 0.146. The fourth-order valence-electron chi connectivity index (χ4n) is 7.95. The summed E-state index contributed by atoms with van der Waals surface area (Å²) in [5.74, 6) is -0.566. The molecule has 0 N–H and O–H groups in total. The largest absolute Gasteiger partial charge is 0.467 e. The SMILES string of the molecule is C=C(C[C@@H](C)C(=O)C(C)(C)O[Si](C)(C)C)[C@H]1C[C@@H](C)C(C)=C1C=O.C=C(C[C@@H](C)C(=O)[C@](C)(O[Si](C)(C)C)C(=O)OC)[C@@H]1CC=C(C)[C@H](O[Si](C)(C)C(C)(C)C)C1. The van der Waals surface area contributed by atoms with Gasteiger partial charge in [0, 0.05) is 17.8 Å². The number of hydrogen-bond acceptors (Lipinski definition) is 8. The van der Waals surface area contributed by atoms with Crippen molar-refractivity contribution in [3.63, 3.8) is 0 Å². The molecule has 326 valence electrons.